The lowest BCUT2D eigenvalue weighted by Gasteiger charge is -2.06. The zero-order chi connectivity index (χ0) is 9.26. The van der Waals surface area contributed by atoms with E-state index < -0.39 is 6.10 Å². The Kier molecular flexibility index (Phi) is 1.96. The number of nitrogens with one attached hydrogen (secondary N) is 1. The molecule has 0 amide bonds. The second kappa shape index (κ2) is 3.12. The zero-order valence-electron chi connectivity index (χ0n) is 6.94. The smallest absolute Gasteiger partial charge is 0.118 e. The molecule has 1 unspecified atom stereocenters. The zero-order valence-corrected chi connectivity index (χ0v) is 6.94. The Morgan fingerprint density at radius 2 is 2.31 bits per heavy atom. The number of nitrogens with zero attached hydrogens (tertiary/aromatic N) is 2. The Hall–Kier alpha value is -1.46. The number of nitrogens with two attached hydrogens (primary N) is 1. The maximum Gasteiger partial charge on any atom is 0.118 e. The average molecular weight is 178 g/mol. The van der Waals surface area contributed by atoms with Gasteiger partial charge in [-0.25, -0.2) is 0 Å². The number of aliphatic hydroxyl groups is 1. The van der Waals surface area contributed by atoms with Crippen LogP contribution in [0.5, 0.6) is 0 Å². The van der Waals surface area contributed by atoms with Gasteiger partial charge in [-0.2, -0.15) is 15.4 Å². The van der Waals surface area contributed by atoms with Gasteiger partial charge < -0.3 is 10.8 Å². The van der Waals surface area contributed by atoms with E-state index in [1.54, 1.807) is 6.07 Å². The van der Waals surface area contributed by atoms with Crippen molar-refractivity contribution in [3.8, 4) is 0 Å². The minimum atomic E-state index is -0.672. The molecular weight excluding hydrogens is 168 g/mol. The summed E-state index contributed by atoms with van der Waals surface area (Å²) in [6.07, 6.45) is -0.672. The Morgan fingerprint density at radius 3 is 3.08 bits per heavy atom. The first-order valence-corrected chi connectivity index (χ1v) is 4.00. The number of aromatic nitrogens is 3. The second-order valence-electron chi connectivity index (χ2n) is 2.79. The molecule has 0 aliphatic rings. The monoisotopic (exact) mass is 178 g/mol. The largest absolute Gasteiger partial charge is 0.387 e. The summed E-state index contributed by atoms with van der Waals surface area (Å²) < 4.78 is 0. The van der Waals surface area contributed by atoms with Crippen LogP contribution >= 0.6 is 0 Å². The fraction of sp³-hybridized carbons (Fsp3) is 0.250. The van der Waals surface area contributed by atoms with Gasteiger partial charge >= 0.3 is 0 Å². The highest BCUT2D eigenvalue weighted by Crippen LogP contribution is 2.19. The van der Waals surface area contributed by atoms with E-state index in [2.05, 4.69) is 15.4 Å². The molecule has 1 heterocycles. The number of aromatic amines is 1. The van der Waals surface area contributed by atoms with Crippen LogP contribution in [0.3, 0.4) is 0 Å². The number of benzene rings is 1. The summed E-state index contributed by atoms with van der Waals surface area (Å²) in [6.45, 7) is 0.186. The Labute approximate surface area is 74.6 Å². The van der Waals surface area contributed by atoms with Crippen LogP contribution < -0.4 is 5.73 Å². The molecule has 13 heavy (non-hydrogen) atoms. The molecule has 5 nitrogen and oxygen atoms in total. The third-order valence-electron chi connectivity index (χ3n) is 1.96. The SMILES string of the molecule is NCC(O)c1cccc2n[nH]nc12. The van der Waals surface area contributed by atoms with Gasteiger partial charge in [0.05, 0.1) is 6.10 Å². The average Bonchev–Trinajstić information content (AvgIpc) is 2.63. The normalized spacial score (nSPS) is 13.4. The van der Waals surface area contributed by atoms with Crippen molar-refractivity contribution in [2.45, 2.75) is 6.10 Å². The van der Waals surface area contributed by atoms with E-state index in [4.69, 9.17) is 5.73 Å². The minimum absolute atomic E-state index is 0.186. The predicted octanol–water partition coefficient (Wildman–Crippen LogP) is -0.0500. The number of fused-ring (bicyclic) bond motifs is 1. The van der Waals surface area contributed by atoms with E-state index in [1.807, 2.05) is 12.1 Å². The molecule has 1 aromatic carbocycles. The van der Waals surface area contributed by atoms with Crippen LogP contribution in [-0.2, 0) is 0 Å². The molecule has 2 rings (SSSR count). The first-order chi connectivity index (χ1) is 6.33. The Morgan fingerprint density at radius 1 is 1.46 bits per heavy atom. The molecule has 68 valence electrons. The standard InChI is InChI=1S/C8H10N4O/c9-4-7(13)5-2-1-3-6-8(5)11-12-10-6/h1-3,7,13H,4,9H2,(H,10,11,12). The topological polar surface area (TPSA) is 87.8 Å². The lowest BCUT2D eigenvalue weighted by Crippen LogP contribution is -2.11. The van der Waals surface area contributed by atoms with Crippen LogP contribution in [0.25, 0.3) is 11.0 Å². The third kappa shape index (κ3) is 1.28. The van der Waals surface area contributed by atoms with Crippen LogP contribution in [0.4, 0.5) is 0 Å². The maximum absolute atomic E-state index is 9.54. The molecule has 4 N–H and O–H groups in total. The van der Waals surface area contributed by atoms with Gasteiger partial charge in [0.15, 0.2) is 0 Å². The minimum Gasteiger partial charge on any atom is -0.387 e. The van der Waals surface area contributed by atoms with Crippen molar-refractivity contribution in [2.75, 3.05) is 6.54 Å². The van der Waals surface area contributed by atoms with Gasteiger partial charge in [-0.3, -0.25) is 0 Å². The molecule has 1 aromatic heterocycles. The highest BCUT2D eigenvalue weighted by Gasteiger charge is 2.11. The van der Waals surface area contributed by atoms with Gasteiger partial charge in [-0.15, -0.1) is 0 Å². The van der Waals surface area contributed by atoms with Gasteiger partial charge in [-0.1, -0.05) is 12.1 Å². The summed E-state index contributed by atoms with van der Waals surface area (Å²) >= 11 is 0. The molecule has 0 saturated heterocycles. The van der Waals surface area contributed by atoms with E-state index in [9.17, 15) is 5.11 Å². The van der Waals surface area contributed by atoms with Crippen molar-refractivity contribution >= 4 is 11.0 Å². The van der Waals surface area contributed by atoms with E-state index in [-0.39, 0.29) is 6.54 Å². The second-order valence-corrected chi connectivity index (χ2v) is 2.79. The molecule has 0 bridgehead atoms. The van der Waals surface area contributed by atoms with E-state index in [0.29, 0.717) is 11.1 Å². The summed E-state index contributed by atoms with van der Waals surface area (Å²) in [5, 5.41) is 19.9. The highest BCUT2D eigenvalue weighted by molar-refractivity contribution is 5.77. The van der Waals surface area contributed by atoms with E-state index in [0.717, 1.165) is 5.52 Å². The lowest BCUT2D eigenvalue weighted by molar-refractivity contribution is 0.188. The van der Waals surface area contributed by atoms with Crippen molar-refractivity contribution < 1.29 is 5.11 Å². The van der Waals surface area contributed by atoms with Crippen molar-refractivity contribution in [3.63, 3.8) is 0 Å². The van der Waals surface area contributed by atoms with Crippen LogP contribution in [0.1, 0.15) is 11.7 Å². The lowest BCUT2D eigenvalue weighted by atomic mass is 10.1. The van der Waals surface area contributed by atoms with Crippen LogP contribution in [0, 0.1) is 0 Å². The molecule has 0 aliphatic carbocycles. The first kappa shape index (κ1) is 8.15. The predicted molar refractivity (Wildman–Crippen MR) is 47.9 cm³/mol. The van der Waals surface area contributed by atoms with Crippen molar-refractivity contribution in [3.05, 3.63) is 23.8 Å². The summed E-state index contributed by atoms with van der Waals surface area (Å²) in [5.41, 5.74) is 7.49. The van der Waals surface area contributed by atoms with Gasteiger partial charge in [0.1, 0.15) is 11.0 Å². The molecule has 0 fully saturated rings. The first-order valence-electron chi connectivity index (χ1n) is 4.00. The van der Waals surface area contributed by atoms with Gasteiger partial charge in [0.25, 0.3) is 0 Å². The molecule has 2 aromatic rings. The fourth-order valence-corrected chi connectivity index (χ4v) is 1.29. The number of hydrogen-bond donors (Lipinski definition) is 3. The quantitative estimate of drug-likeness (QED) is 0.601. The van der Waals surface area contributed by atoms with Crippen LogP contribution in [0.15, 0.2) is 18.2 Å². The summed E-state index contributed by atoms with van der Waals surface area (Å²) in [5.74, 6) is 0. The third-order valence-corrected chi connectivity index (χ3v) is 1.96. The molecule has 0 aliphatic heterocycles. The molecule has 1 atom stereocenters. The molecule has 0 spiro atoms. The molecule has 0 saturated carbocycles. The van der Waals surface area contributed by atoms with Gasteiger partial charge in [0.2, 0.25) is 0 Å². The number of para-hydroxylation sites is 1. The van der Waals surface area contributed by atoms with Gasteiger partial charge in [-0.05, 0) is 6.07 Å². The number of H-pyrrole nitrogens is 1. The Balaban J connectivity index is 2.60. The number of rotatable bonds is 2. The van der Waals surface area contributed by atoms with Crippen molar-refractivity contribution in [1.29, 1.82) is 0 Å². The van der Waals surface area contributed by atoms with Crippen molar-refractivity contribution in [2.24, 2.45) is 5.73 Å². The number of aliphatic hydroxyl groups excluding tert-OH is 1. The van der Waals surface area contributed by atoms with Crippen LogP contribution in [0.2, 0.25) is 0 Å². The molecule has 5 heteroatoms. The van der Waals surface area contributed by atoms with E-state index >= 15 is 0 Å². The molecule has 0 radical (unpaired) electrons. The highest BCUT2D eigenvalue weighted by atomic mass is 16.3. The van der Waals surface area contributed by atoms with Gasteiger partial charge in [0, 0.05) is 12.1 Å². The maximum atomic E-state index is 9.54. The Bertz CT molecular complexity index is 411. The fourth-order valence-electron chi connectivity index (χ4n) is 1.29. The van der Waals surface area contributed by atoms with Crippen molar-refractivity contribution in [1.82, 2.24) is 15.4 Å². The summed E-state index contributed by atoms with van der Waals surface area (Å²) in [4.78, 5) is 0. The van der Waals surface area contributed by atoms with Crippen LogP contribution in [-0.4, -0.2) is 27.1 Å². The van der Waals surface area contributed by atoms with E-state index in [1.165, 1.54) is 0 Å². The summed E-state index contributed by atoms with van der Waals surface area (Å²) in [7, 11) is 0. The molecular formula is C8H10N4O. The summed E-state index contributed by atoms with van der Waals surface area (Å²) in [6, 6.07) is 5.44. The number of hydrogen-bond acceptors (Lipinski definition) is 4.